The van der Waals surface area contributed by atoms with E-state index in [1.807, 2.05) is 6.26 Å². The first-order chi connectivity index (χ1) is 10.6. The fraction of sp³-hybridized carbons (Fsp3) is 0.882. The summed E-state index contributed by atoms with van der Waals surface area (Å²) in [4.78, 5) is 22.8. The molecule has 1 atom stereocenters. The van der Waals surface area contributed by atoms with Gasteiger partial charge in [-0.1, -0.05) is 58.3 Å². The van der Waals surface area contributed by atoms with Crippen LogP contribution in [0.5, 0.6) is 0 Å². The molecule has 0 bridgehead atoms. The predicted molar refractivity (Wildman–Crippen MR) is 95.5 cm³/mol. The Labute approximate surface area is 169 Å². The van der Waals surface area contributed by atoms with Gasteiger partial charge in [-0.05, 0) is 24.9 Å². The summed E-state index contributed by atoms with van der Waals surface area (Å²) in [6, 6.07) is -0.737. The molecule has 0 heterocycles. The van der Waals surface area contributed by atoms with Gasteiger partial charge in [0.15, 0.2) is 0 Å². The van der Waals surface area contributed by atoms with Crippen LogP contribution in [0.1, 0.15) is 79.0 Å². The molecule has 0 aromatic heterocycles. The molecule has 0 aliphatic carbocycles. The predicted octanol–water partition coefficient (Wildman–Crippen LogP) is 1.35. The molecule has 2 N–H and O–H groups in total. The average molecular weight is 356 g/mol. The standard InChI is InChI=1S/C17H33NO3S.Na.H/c1-3-4-5-6-7-8-9-10-11-12-16(19)18-15(17(20)21)13-14-22-2;;/h15H,3-14H2,1-2H3,(H,18,19)(H,20,21);;/q;+1;-1. The minimum absolute atomic E-state index is 0. The summed E-state index contributed by atoms with van der Waals surface area (Å²) >= 11 is 1.59. The Morgan fingerprint density at radius 3 is 2.04 bits per heavy atom. The van der Waals surface area contributed by atoms with Gasteiger partial charge in [0.1, 0.15) is 6.04 Å². The molecular weight excluding hydrogens is 321 g/mol. The van der Waals surface area contributed by atoms with Crippen molar-refractivity contribution in [1.29, 1.82) is 0 Å². The van der Waals surface area contributed by atoms with Crippen molar-refractivity contribution >= 4 is 23.6 Å². The zero-order valence-corrected chi connectivity index (χ0v) is 18.1. The molecular formula is C17H34NNaO3S. The van der Waals surface area contributed by atoms with Crippen LogP contribution in [0.4, 0.5) is 0 Å². The van der Waals surface area contributed by atoms with Crippen LogP contribution < -0.4 is 34.9 Å². The van der Waals surface area contributed by atoms with Gasteiger partial charge in [-0.15, -0.1) is 0 Å². The Morgan fingerprint density at radius 2 is 1.57 bits per heavy atom. The van der Waals surface area contributed by atoms with Crippen LogP contribution in [0.25, 0.3) is 0 Å². The van der Waals surface area contributed by atoms with Crippen LogP contribution >= 0.6 is 11.8 Å². The monoisotopic (exact) mass is 355 g/mol. The molecule has 0 aromatic carbocycles. The van der Waals surface area contributed by atoms with E-state index in [0.29, 0.717) is 12.8 Å². The summed E-state index contributed by atoms with van der Waals surface area (Å²) in [6.45, 7) is 2.22. The van der Waals surface area contributed by atoms with E-state index < -0.39 is 12.0 Å². The van der Waals surface area contributed by atoms with E-state index in [1.54, 1.807) is 11.8 Å². The maximum atomic E-state index is 11.7. The van der Waals surface area contributed by atoms with Crippen molar-refractivity contribution in [3.8, 4) is 0 Å². The van der Waals surface area contributed by atoms with Crippen molar-refractivity contribution in [2.75, 3.05) is 12.0 Å². The van der Waals surface area contributed by atoms with E-state index >= 15 is 0 Å². The van der Waals surface area contributed by atoms with Gasteiger partial charge < -0.3 is 11.8 Å². The van der Waals surface area contributed by atoms with E-state index in [1.165, 1.54) is 44.9 Å². The second-order valence-electron chi connectivity index (χ2n) is 5.82. The maximum absolute atomic E-state index is 11.7. The summed E-state index contributed by atoms with van der Waals surface area (Å²) in [5, 5.41) is 11.7. The number of carboxylic acid groups (broad SMARTS) is 1. The van der Waals surface area contributed by atoms with Gasteiger partial charge in [0.2, 0.25) is 5.91 Å². The number of aliphatic carboxylic acids is 1. The fourth-order valence-electron chi connectivity index (χ4n) is 2.36. The molecule has 0 radical (unpaired) electrons. The van der Waals surface area contributed by atoms with Crippen molar-refractivity contribution in [2.24, 2.45) is 0 Å². The zero-order valence-electron chi connectivity index (χ0n) is 16.2. The summed E-state index contributed by atoms with van der Waals surface area (Å²) in [5.41, 5.74) is 0. The van der Waals surface area contributed by atoms with Crippen LogP contribution in [-0.4, -0.2) is 35.0 Å². The smallest absolute Gasteiger partial charge is 1.00 e. The maximum Gasteiger partial charge on any atom is 1.00 e. The molecule has 0 saturated carbocycles. The van der Waals surface area contributed by atoms with Gasteiger partial charge in [0.05, 0.1) is 0 Å². The number of amides is 1. The molecule has 0 aromatic rings. The van der Waals surface area contributed by atoms with Crippen LogP contribution in [0.3, 0.4) is 0 Å². The Bertz CT molecular complexity index is 310. The van der Waals surface area contributed by atoms with Crippen LogP contribution in [0, 0.1) is 0 Å². The molecule has 0 aliphatic heterocycles. The SMILES string of the molecule is CCCCCCCCCCCC(=O)NC(CCSC)C(=O)O.[H-].[Na+]. The third-order valence-electron chi connectivity index (χ3n) is 3.75. The first kappa shape index (κ1) is 25.5. The minimum atomic E-state index is -0.936. The second-order valence-corrected chi connectivity index (χ2v) is 6.80. The molecule has 0 fully saturated rings. The molecule has 0 saturated heterocycles. The van der Waals surface area contributed by atoms with Crippen LogP contribution in [-0.2, 0) is 9.59 Å². The van der Waals surface area contributed by atoms with Crippen molar-refractivity contribution in [1.82, 2.24) is 5.32 Å². The van der Waals surface area contributed by atoms with E-state index in [9.17, 15) is 9.59 Å². The van der Waals surface area contributed by atoms with E-state index in [0.717, 1.165) is 18.6 Å². The Hall–Kier alpha value is 0.290. The van der Waals surface area contributed by atoms with Crippen LogP contribution in [0.2, 0.25) is 0 Å². The van der Waals surface area contributed by atoms with Crippen LogP contribution in [0.15, 0.2) is 0 Å². The number of hydrogen-bond acceptors (Lipinski definition) is 3. The topological polar surface area (TPSA) is 66.4 Å². The Kier molecular flexibility index (Phi) is 20.7. The normalized spacial score (nSPS) is 11.6. The van der Waals surface area contributed by atoms with Crippen molar-refractivity contribution in [3.05, 3.63) is 0 Å². The third-order valence-corrected chi connectivity index (χ3v) is 4.40. The molecule has 23 heavy (non-hydrogen) atoms. The molecule has 6 heteroatoms. The quantitative estimate of drug-likeness (QED) is 0.344. The Balaban J connectivity index is -0.00000220. The summed E-state index contributed by atoms with van der Waals surface area (Å²) in [6.07, 6.45) is 13.8. The number of carbonyl (C=O) groups excluding carboxylic acids is 1. The summed E-state index contributed by atoms with van der Waals surface area (Å²) in [7, 11) is 0. The summed E-state index contributed by atoms with van der Waals surface area (Å²) < 4.78 is 0. The van der Waals surface area contributed by atoms with E-state index in [4.69, 9.17) is 5.11 Å². The number of nitrogens with one attached hydrogen (secondary N) is 1. The number of carboxylic acids is 1. The first-order valence-corrected chi connectivity index (χ1v) is 10.0. The molecule has 1 amide bonds. The molecule has 1 unspecified atom stereocenters. The zero-order chi connectivity index (χ0) is 16.6. The average Bonchev–Trinajstić information content (AvgIpc) is 2.49. The van der Waals surface area contributed by atoms with E-state index in [2.05, 4.69) is 12.2 Å². The van der Waals surface area contributed by atoms with Gasteiger partial charge in [0.25, 0.3) is 0 Å². The Morgan fingerprint density at radius 1 is 1.04 bits per heavy atom. The first-order valence-electron chi connectivity index (χ1n) is 8.63. The molecule has 0 rings (SSSR count). The number of thioether (sulfide) groups is 1. The van der Waals surface area contributed by atoms with E-state index in [-0.39, 0.29) is 36.9 Å². The summed E-state index contributed by atoms with van der Waals surface area (Å²) in [5.74, 6) is -0.319. The van der Waals surface area contributed by atoms with Crippen molar-refractivity contribution in [3.63, 3.8) is 0 Å². The molecule has 4 nitrogen and oxygen atoms in total. The third kappa shape index (κ3) is 16.9. The van der Waals surface area contributed by atoms with Gasteiger partial charge in [-0.2, -0.15) is 11.8 Å². The van der Waals surface area contributed by atoms with Crippen molar-refractivity contribution in [2.45, 2.75) is 83.6 Å². The largest absolute Gasteiger partial charge is 1.00 e. The minimum Gasteiger partial charge on any atom is -1.00 e. The van der Waals surface area contributed by atoms with Gasteiger partial charge in [-0.3, -0.25) is 4.79 Å². The van der Waals surface area contributed by atoms with Gasteiger partial charge in [0, 0.05) is 6.42 Å². The molecule has 0 aliphatic rings. The molecule has 132 valence electrons. The number of unbranched alkanes of at least 4 members (excludes halogenated alkanes) is 8. The van der Waals surface area contributed by atoms with Crippen molar-refractivity contribution < 1.29 is 45.7 Å². The van der Waals surface area contributed by atoms with Gasteiger partial charge in [-0.25, -0.2) is 4.79 Å². The number of rotatable bonds is 15. The number of hydrogen-bond donors (Lipinski definition) is 2. The number of carbonyl (C=O) groups is 2. The molecule has 0 spiro atoms. The second kappa shape index (κ2) is 18.6. The fourth-order valence-corrected chi connectivity index (χ4v) is 2.83. The van der Waals surface area contributed by atoms with Gasteiger partial charge >= 0.3 is 35.5 Å².